The van der Waals surface area contributed by atoms with Crippen molar-refractivity contribution in [2.24, 2.45) is 0 Å². The van der Waals surface area contributed by atoms with Crippen molar-refractivity contribution < 1.29 is 5.11 Å². The Morgan fingerprint density at radius 1 is 1.29 bits per heavy atom. The van der Waals surface area contributed by atoms with Crippen molar-refractivity contribution in [2.45, 2.75) is 38.3 Å². The van der Waals surface area contributed by atoms with E-state index in [0.29, 0.717) is 17.8 Å². The van der Waals surface area contributed by atoms with Crippen molar-refractivity contribution in [3.05, 3.63) is 64.2 Å². The van der Waals surface area contributed by atoms with Crippen LogP contribution in [-0.4, -0.2) is 11.1 Å². The van der Waals surface area contributed by atoms with Crippen LogP contribution in [0.15, 0.2) is 42.5 Å². The lowest BCUT2D eigenvalue weighted by Crippen LogP contribution is -2.31. The first-order valence-corrected chi connectivity index (χ1v) is 7.82. The Kier molecular flexibility index (Phi) is 4.18. The molecule has 2 atom stereocenters. The van der Waals surface area contributed by atoms with E-state index in [1.807, 2.05) is 30.3 Å². The largest absolute Gasteiger partial charge is 0.508 e. The molecular formula is C18H20ClNO. The number of aryl methyl sites for hydroxylation is 1. The molecule has 3 rings (SSSR count). The zero-order valence-corrected chi connectivity index (χ0v) is 12.9. The van der Waals surface area contributed by atoms with Gasteiger partial charge in [-0.25, -0.2) is 0 Å². The van der Waals surface area contributed by atoms with Crippen molar-refractivity contribution in [3.63, 3.8) is 0 Å². The maximum Gasteiger partial charge on any atom is 0.115 e. The Morgan fingerprint density at radius 3 is 2.95 bits per heavy atom. The molecule has 21 heavy (non-hydrogen) atoms. The van der Waals surface area contributed by atoms with E-state index in [1.54, 1.807) is 6.07 Å². The molecule has 2 nitrogen and oxygen atoms in total. The summed E-state index contributed by atoms with van der Waals surface area (Å²) in [5.41, 5.74) is 3.85. The second-order valence-corrected chi connectivity index (χ2v) is 6.31. The fraction of sp³-hybridized carbons (Fsp3) is 0.333. The average molecular weight is 302 g/mol. The van der Waals surface area contributed by atoms with Crippen molar-refractivity contribution in [1.82, 2.24) is 5.32 Å². The zero-order valence-electron chi connectivity index (χ0n) is 12.1. The Hall–Kier alpha value is -1.51. The summed E-state index contributed by atoms with van der Waals surface area (Å²) in [6.45, 7) is 2.21. The number of fused-ring (bicyclic) bond motifs is 1. The van der Waals surface area contributed by atoms with E-state index < -0.39 is 0 Å². The summed E-state index contributed by atoms with van der Waals surface area (Å²) in [6, 6.07) is 14.5. The standard InChI is InChI=1S/C18H20ClNO/c1-12(9-13-3-2-4-15(19)10-13)20-18-8-5-14-11-16(21)6-7-17(14)18/h2-4,6-7,10-12,18,20-21H,5,8-9H2,1H3. The van der Waals surface area contributed by atoms with Gasteiger partial charge >= 0.3 is 0 Å². The van der Waals surface area contributed by atoms with Gasteiger partial charge in [0, 0.05) is 17.1 Å². The summed E-state index contributed by atoms with van der Waals surface area (Å²) in [4.78, 5) is 0. The quantitative estimate of drug-likeness (QED) is 0.884. The number of benzene rings is 2. The molecule has 0 spiro atoms. The van der Waals surface area contributed by atoms with Crippen LogP contribution in [0.25, 0.3) is 0 Å². The van der Waals surface area contributed by atoms with Gasteiger partial charge in [-0.05, 0) is 67.1 Å². The number of rotatable bonds is 4. The van der Waals surface area contributed by atoms with Crippen LogP contribution >= 0.6 is 11.6 Å². The van der Waals surface area contributed by atoms with Crippen molar-refractivity contribution in [2.75, 3.05) is 0 Å². The predicted octanol–water partition coefficient (Wildman–Crippen LogP) is 4.25. The second-order valence-electron chi connectivity index (χ2n) is 5.88. The minimum Gasteiger partial charge on any atom is -0.508 e. The highest BCUT2D eigenvalue weighted by molar-refractivity contribution is 6.30. The first-order valence-electron chi connectivity index (χ1n) is 7.44. The average Bonchev–Trinajstić information content (AvgIpc) is 2.81. The number of phenols is 1. The SMILES string of the molecule is CC(Cc1cccc(Cl)c1)NC1CCc2cc(O)ccc21. The number of hydrogen-bond acceptors (Lipinski definition) is 2. The van der Waals surface area contributed by atoms with E-state index in [1.165, 1.54) is 16.7 Å². The Morgan fingerprint density at radius 2 is 2.14 bits per heavy atom. The van der Waals surface area contributed by atoms with E-state index >= 15 is 0 Å². The lowest BCUT2D eigenvalue weighted by molar-refractivity contribution is 0.451. The van der Waals surface area contributed by atoms with Crippen molar-refractivity contribution >= 4 is 11.6 Å². The van der Waals surface area contributed by atoms with E-state index in [9.17, 15) is 5.11 Å². The maximum absolute atomic E-state index is 9.55. The van der Waals surface area contributed by atoms with Gasteiger partial charge in [0.1, 0.15) is 5.75 Å². The summed E-state index contributed by atoms with van der Waals surface area (Å²) >= 11 is 6.04. The summed E-state index contributed by atoms with van der Waals surface area (Å²) in [5, 5.41) is 14.0. The number of phenolic OH excluding ortho intramolecular Hbond substituents is 1. The Balaban J connectivity index is 1.65. The molecule has 3 heteroatoms. The number of hydrogen-bond donors (Lipinski definition) is 2. The fourth-order valence-corrected chi connectivity index (χ4v) is 3.41. The second kappa shape index (κ2) is 6.08. The molecule has 0 heterocycles. The topological polar surface area (TPSA) is 32.3 Å². The van der Waals surface area contributed by atoms with Crippen LogP contribution in [0.4, 0.5) is 0 Å². The van der Waals surface area contributed by atoms with E-state index in [-0.39, 0.29) is 0 Å². The van der Waals surface area contributed by atoms with Crippen molar-refractivity contribution in [1.29, 1.82) is 0 Å². The molecule has 2 aromatic carbocycles. The van der Waals surface area contributed by atoms with Gasteiger partial charge in [0.05, 0.1) is 0 Å². The van der Waals surface area contributed by atoms with Crippen LogP contribution in [0.1, 0.15) is 36.1 Å². The fourth-order valence-electron chi connectivity index (χ4n) is 3.20. The monoisotopic (exact) mass is 301 g/mol. The van der Waals surface area contributed by atoms with Gasteiger partial charge in [-0.15, -0.1) is 0 Å². The molecule has 1 aliphatic carbocycles. The molecular weight excluding hydrogens is 282 g/mol. The number of halogens is 1. The number of aromatic hydroxyl groups is 1. The highest BCUT2D eigenvalue weighted by atomic mass is 35.5. The van der Waals surface area contributed by atoms with Gasteiger partial charge in [-0.1, -0.05) is 29.8 Å². The van der Waals surface area contributed by atoms with E-state index in [0.717, 1.165) is 24.3 Å². The number of nitrogens with one attached hydrogen (secondary N) is 1. The predicted molar refractivity (Wildman–Crippen MR) is 86.9 cm³/mol. The normalized spacial score (nSPS) is 18.5. The van der Waals surface area contributed by atoms with Crippen LogP contribution in [0.3, 0.4) is 0 Å². The molecule has 0 aromatic heterocycles. The van der Waals surface area contributed by atoms with Gasteiger partial charge in [0.25, 0.3) is 0 Å². The van der Waals surface area contributed by atoms with Crippen LogP contribution < -0.4 is 5.32 Å². The minimum absolute atomic E-state index is 0.362. The highest BCUT2D eigenvalue weighted by Crippen LogP contribution is 2.33. The molecule has 0 bridgehead atoms. The Bertz CT molecular complexity index is 641. The van der Waals surface area contributed by atoms with Crippen LogP contribution in [0.5, 0.6) is 5.75 Å². The summed E-state index contributed by atoms with van der Waals surface area (Å²) in [5.74, 6) is 0.362. The van der Waals surface area contributed by atoms with E-state index in [4.69, 9.17) is 11.6 Å². The van der Waals surface area contributed by atoms with Crippen molar-refractivity contribution in [3.8, 4) is 5.75 Å². The molecule has 0 amide bonds. The maximum atomic E-state index is 9.55. The lowest BCUT2D eigenvalue weighted by atomic mass is 10.0. The molecule has 0 saturated carbocycles. The molecule has 0 aliphatic heterocycles. The molecule has 0 radical (unpaired) electrons. The third kappa shape index (κ3) is 3.39. The molecule has 1 aliphatic rings. The summed E-state index contributed by atoms with van der Waals surface area (Å²) in [6.07, 6.45) is 3.09. The third-order valence-electron chi connectivity index (χ3n) is 4.12. The van der Waals surface area contributed by atoms with Crippen LogP contribution in [0.2, 0.25) is 5.02 Å². The third-order valence-corrected chi connectivity index (χ3v) is 4.36. The molecule has 110 valence electrons. The van der Waals surface area contributed by atoms with Gasteiger partial charge in [0.15, 0.2) is 0 Å². The van der Waals surface area contributed by atoms with Gasteiger partial charge in [-0.2, -0.15) is 0 Å². The smallest absolute Gasteiger partial charge is 0.115 e. The summed E-state index contributed by atoms with van der Waals surface area (Å²) < 4.78 is 0. The first-order chi connectivity index (χ1) is 10.1. The Labute approximate surface area is 130 Å². The van der Waals surface area contributed by atoms with Crippen LogP contribution in [0, 0.1) is 0 Å². The molecule has 0 saturated heterocycles. The molecule has 0 fully saturated rings. The first kappa shape index (κ1) is 14.4. The van der Waals surface area contributed by atoms with Gasteiger partial charge in [-0.3, -0.25) is 0 Å². The molecule has 2 aromatic rings. The highest BCUT2D eigenvalue weighted by Gasteiger charge is 2.23. The van der Waals surface area contributed by atoms with E-state index in [2.05, 4.69) is 18.3 Å². The summed E-state index contributed by atoms with van der Waals surface area (Å²) in [7, 11) is 0. The molecule has 2 N–H and O–H groups in total. The van der Waals surface area contributed by atoms with Gasteiger partial charge < -0.3 is 10.4 Å². The van der Waals surface area contributed by atoms with Crippen LogP contribution in [-0.2, 0) is 12.8 Å². The lowest BCUT2D eigenvalue weighted by Gasteiger charge is -2.20. The minimum atomic E-state index is 0.362. The molecule has 2 unspecified atom stereocenters. The zero-order chi connectivity index (χ0) is 14.8. The van der Waals surface area contributed by atoms with Gasteiger partial charge in [0.2, 0.25) is 0 Å².